The predicted octanol–water partition coefficient (Wildman–Crippen LogP) is 2.03. The molecule has 0 radical (unpaired) electrons. The second-order valence-corrected chi connectivity index (χ2v) is 9.05. The van der Waals surface area contributed by atoms with Crippen molar-refractivity contribution in [3.63, 3.8) is 0 Å². The summed E-state index contributed by atoms with van der Waals surface area (Å²) in [5.41, 5.74) is 0.932. The van der Waals surface area contributed by atoms with Gasteiger partial charge in [-0.2, -0.15) is 30.8 Å². The Morgan fingerprint density at radius 1 is 1.20 bits per heavy atom. The second-order valence-electron chi connectivity index (χ2n) is 7.29. The number of rotatable bonds is 3. The zero-order valence-corrected chi connectivity index (χ0v) is 16.1. The third kappa shape index (κ3) is 3.49. The van der Waals surface area contributed by atoms with Crippen LogP contribution in [0.5, 0.6) is 0 Å². The molecule has 0 unspecified atom stereocenters. The van der Waals surface area contributed by atoms with E-state index in [1.54, 1.807) is 4.90 Å². The monoisotopic (exact) mass is 452 g/mol. The number of nitrogens with zero attached hydrogens (tertiary/aromatic N) is 3. The van der Waals surface area contributed by atoms with E-state index in [-0.39, 0.29) is 41.1 Å². The molecule has 2 N–H and O–H groups in total. The molecular formula is C17H17F5N4O3S. The first kappa shape index (κ1) is 21.2. The molecule has 2 aromatic rings. The van der Waals surface area contributed by atoms with Gasteiger partial charge in [-0.05, 0) is 24.6 Å². The maximum absolute atomic E-state index is 14.0. The lowest BCUT2D eigenvalue weighted by atomic mass is 9.93. The molecule has 1 aromatic carbocycles. The molecule has 30 heavy (non-hydrogen) atoms. The van der Waals surface area contributed by atoms with Crippen LogP contribution < -0.4 is 5.73 Å². The Morgan fingerprint density at radius 2 is 1.93 bits per heavy atom. The summed E-state index contributed by atoms with van der Waals surface area (Å²) in [4.78, 5) is 1.73. The van der Waals surface area contributed by atoms with Gasteiger partial charge >= 0.3 is 15.5 Å². The summed E-state index contributed by atoms with van der Waals surface area (Å²) >= 11 is 0. The lowest BCUT2D eigenvalue weighted by Crippen LogP contribution is -2.48. The Hall–Kier alpha value is -2.09. The van der Waals surface area contributed by atoms with Gasteiger partial charge in [0, 0.05) is 36.3 Å². The van der Waals surface area contributed by atoms with Crippen LogP contribution in [-0.2, 0) is 27.8 Å². The molecule has 13 heteroatoms. The second kappa shape index (κ2) is 7.25. The SMILES string of the molecule is N[C@H]1C[C@@H](N2Cc3cnn(S(=O)(=O)C(F)(F)F)c3C2)CO[C@@H]1c1cc(F)ccc1F. The topological polar surface area (TPSA) is 90.5 Å². The molecule has 3 atom stereocenters. The van der Waals surface area contributed by atoms with Crippen molar-refractivity contribution in [2.45, 2.75) is 43.2 Å². The minimum Gasteiger partial charge on any atom is -0.370 e. The molecule has 2 aliphatic rings. The van der Waals surface area contributed by atoms with Gasteiger partial charge in [-0.3, -0.25) is 4.90 Å². The zero-order chi connectivity index (χ0) is 21.8. The fourth-order valence-electron chi connectivity index (χ4n) is 3.87. The van der Waals surface area contributed by atoms with Crippen LogP contribution in [0.1, 0.15) is 29.3 Å². The number of hydrogen-bond donors (Lipinski definition) is 1. The summed E-state index contributed by atoms with van der Waals surface area (Å²) in [7, 11) is -5.63. The first-order chi connectivity index (χ1) is 14.0. The Kier molecular flexibility index (Phi) is 5.11. The highest BCUT2D eigenvalue weighted by molar-refractivity contribution is 7.90. The van der Waals surface area contributed by atoms with E-state index in [2.05, 4.69) is 5.10 Å². The molecule has 2 aliphatic heterocycles. The van der Waals surface area contributed by atoms with Gasteiger partial charge in [-0.1, -0.05) is 0 Å². The molecule has 4 rings (SSSR count). The summed E-state index contributed by atoms with van der Waals surface area (Å²) in [5, 5.41) is 3.39. The van der Waals surface area contributed by atoms with E-state index in [9.17, 15) is 30.4 Å². The maximum atomic E-state index is 14.0. The Labute approximate surface area is 168 Å². The number of aromatic nitrogens is 2. The van der Waals surface area contributed by atoms with E-state index in [1.165, 1.54) is 0 Å². The number of ether oxygens (including phenoxy) is 1. The summed E-state index contributed by atoms with van der Waals surface area (Å²) in [6.45, 7) is 0.144. The highest BCUT2D eigenvalue weighted by atomic mass is 32.2. The van der Waals surface area contributed by atoms with Crippen LogP contribution in [0.2, 0.25) is 0 Å². The standard InChI is InChI=1S/C17H17F5N4O3S/c18-10-1-2-13(19)12(3-10)16-14(23)4-11(8-29-16)25-6-9-5-24-26(15(9)7-25)30(27,28)17(20,21)22/h1-3,5,11,14,16H,4,6-8,23H2/t11-,14+,16-/m1/s1. The number of alkyl halides is 3. The van der Waals surface area contributed by atoms with E-state index in [1.807, 2.05) is 0 Å². The largest absolute Gasteiger partial charge is 0.518 e. The minimum atomic E-state index is -5.63. The summed E-state index contributed by atoms with van der Waals surface area (Å²) in [6.07, 6.45) is 0.514. The Balaban J connectivity index is 1.49. The smallest absolute Gasteiger partial charge is 0.370 e. The lowest BCUT2D eigenvalue weighted by molar-refractivity contribution is -0.0536. The average Bonchev–Trinajstić information content (AvgIpc) is 3.23. The van der Waals surface area contributed by atoms with Crippen LogP contribution in [-0.4, -0.2) is 46.7 Å². The van der Waals surface area contributed by atoms with E-state index >= 15 is 0 Å². The van der Waals surface area contributed by atoms with Gasteiger partial charge in [-0.15, -0.1) is 0 Å². The first-order valence-electron chi connectivity index (χ1n) is 8.93. The third-order valence-corrected chi connectivity index (χ3v) is 6.70. The summed E-state index contributed by atoms with van der Waals surface area (Å²) in [6, 6.07) is 1.94. The van der Waals surface area contributed by atoms with E-state index in [0.717, 1.165) is 24.4 Å². The van der Waals surface area contributed by atoms with Crippen LogP contribution in [0, 0.1) is 11.6 Å². The molecule has 7 nitrogen and oxygen atoms in total. The van der Waals surface area contributed by atoms with Gasteiger partial charge in [-0.25, -0.2) is 8.78 Å². The van der Waals surface area contributed by atoms with Crippen LogP contribution in [0.4, 0.5) is 22.0 Å². The molecule has 0 spiro atoms. The number of nitrogens with two attached hydrogens (primary N) is 1. The number of hydrogen-bond acceptors (Lipinski definition) is 6. The summed E-state index contributed by atoms with van der Waals surface area (Å²) < 4.78 is 95.3. The number of fused-ring (bicyclic) bond motifs is 1. The van der Waals surface area contributed by atoms with Crippen LogP contribution in [0.15, 0.2) is 24.4 Å². The van der Waals surface area contributed by atoms with Crippen molar-refractivity contribution in [1.82, 2.24) is 14.1 Å². The van der Waals surface area contributed by atoms with Crippen molar-refractivity contribution in [2.75, 3.05) is 6.61 Å². The molecule has 0 bridgehead atoms. The molecule has 0 amide bonds. The quantitative estimate of drug-likeness (QED) is 0.717. The molecule has 3 heterocycles. The van der Waals surface area contributed by atoms with Gasteiger partial charge in [0.15, 0.2) is 0 Å². The first-order valence-corrected chi connectivity index (χ1v) is 10.4. The highest BCUT2D eigenvalue weighted by Crippen LogP contribution is 2.35. The zero-order valence-electron chi connectivity index (χ0n) is 15.3. The fraction of sp³-hybridized carbons (Fsp3) is 0.471. The van der Waals surface area contributed by atoms with Crippen LogP contribution in [0.25, 0.3) is 0 Å². The summed E-state index contributed by atoms with van der Waals surface area (Å²) in [5.74, 6) is -1.28. The number of benzene rings is 1. The third-order valence-electron chi connectivity index (χ3n) is 5.35. The van der Waals surface area contributed by atoms with Crippen LogP contribution >= 0.6 is 0 Å². The predicted molar refractivity (Wildman–Crippen MR) is 93.3 cm³/mol. The van der Waals surface area contributed by atoms with Crippen LogP contribution in [0.3, 0.4) is 0 Å². The normalized spacial score (nSPS) is 25.5. The van der Waals surface area contributed by atoms with Gasteiger partial charge in [0.1, 0.15) is 17.7 Å². The Bertz CT molecular complexity index is 1070. The Morgan fingerprint density at radius 3 is 2.60 bits per heavy atom. The molecular weight excluding hydrogens is 435 g/mol. The minimum absolute atomic E-state index is 0.00225. The fourth-order valence-corrected chi connectivity index (χ4v) is 4.70. The van der Waals surface area contributed by atoms with Gasteiger partial charge < -0.3 is 10.5 Å². The van der Waals surface area contributed by atoms with E-state index < -0.39 is 39.3 Å². The van der Waals surface area contributed by atoms with Crippen molar-refractivity contribution >= 4 is 10.0 Å². The molecule has 1 aromatic heterocycles. The van der Waals surface area contributed by atoms with E-state index in [4.69, 9.17) is 10.5 Å². The molecule has 1 saturated heterocycles. The van der Waals surface area contributed by atoms with Crippen molar-refractivity contribution in [3.05, 3.63) is 52.9 Å². The van der Waals surface area contributed by atoms with Crippen molar-refractivity contribution in [3.8, 4) is 0 Å². The molecule has 0 aliphatic carbocycles. The molecule has 1 fully saturated rings. The van der Waals surface area contributed by atoms with Crippen molar-refractivity contribution < 1.29 is 35.1 Å². The molecule has 0 saturated carbocycles. The average molecular weight is 452 g/mol. The van der Waals surface area contributed by atoms with Gasteiger partial charge in [0.2, 0.25) is 0 Å². The van der Waals surface area contributed by atoms with Crippen molar-refractivity contribution in [1.29, 1.82) is 0 Å². The highest BCUT2D eigenvalue weighted by Gasteiger charge is 2.50. The maximum Gasteiger partial charge on any atom is 0.518 e. The van der Waals surface area contributed by atoms with E-state index in [0.29, 0.717) is 12.0 Å². The molecule has 164 valence electrons. The van der Waals surface area contributed by atoms with Crippen molar-refractivity contribution in [2.24, 2.45) is 5.73 Å². The lowest BCUT2D eigenvalue weighted by Gasteiger charge is -2.38. The van der Waals surface area contributed by atoms with Gasteiger partial charge in [0.25, 0.3) is 0 Å². The number of halogens is 5. The van der Waals surface area contributed by atoms with Gasteiger partial charge in [0.05, 0.1) is 18.5 Å².